The first-order chi connectivity index (χ1) is 15.9. The van der Waals surface area contributed by atoms with Crippen molar-refractivity contribution in [1.82, 2.24) is 9.97 Å². The van der Waals surface area contributed by atoms with Gasteiger partial charge in [0.15, 0.2) is 5.82 Å². The Morgan fingerprint density at radius 3 is 2.85 bits per heavy atom. The van der Waals surface area contributed by atoms with Crippen molar-refractivity contribution >= 4 is 34.1 Å². The van der Waals surface area contributed by atoms with E-state index in [1.807, 2.05) is 6.92 Å². The molecule has 3 aliphatic rings. The monoisotopic (exact) mass is 449 g/mol. The standard InChI is InChI=1S/C24H24FN5O3/c1-10-17(8-29-23-15-3-12(15)7-28-22(10)23)16-2-11-4-19(27-9-18(11)21(26)20(16)25)30-24(32)33-14-5-13(31)6-14/h2,4,8-9,12-15,28,31H,3,5-7,26H2,1H3,(H,27,30,32)/t12-,13?,14?,15-/m1/s1. The summed E-state index contributed by atoms with van der Waals surface area (Å²) in [6, 6.07) is 3.35. The Hall–Kier alpha value is -3.46. The number of hydrogen-bond acceptors (Lipinski definition) is 7. The number of nitrogens with two attached hydrogens (primary N) is 1. The molecule has 2 fully saturated rings. The minimum absolute atomic E-state index is 0.0000750. The fraction of sp³-hybridized carbons (Fsp3) is 0.375. The zero-order chi connectivity index (χ0) is 22.9. The molecule has 1 aliphatic heterocycles. The smallest absolute Gasteiger partial charge is 0.413 e. The van der Waals surface area contributed by atoms with Crippen molar-refractivity contribution in [3.8, 4) is 11.1 Å². The van der Waals surface area contributed by atoms with Gasteiger partial charge in [-0.15, -0.1) is 0 Å². The fourth-order valence-corrected chi connectivity index (χ4v) is 4.92. The molecule has 1 aromatic carbocycles. The lowest BCUT2D eigenvalue weighted by Crippen LogP contribution is -2.37. The molecule has 2 aromatic heterocycles. The van der Waals surface area contributed by atoms with E-state index in [0.29, 0.717) is 46.6 Å². The van der Waals surface area contributed by atoms with E-state index < -0.39 is 18.0 Å². The van der Waals surface area contributed by atoms with E-state index in [2.05, 4.69) is 20.6 Å². The van der Waals surface area contributed by atoms with Crippen molar-refractivity contribution in [2.75, 3.05) is 22.9 Å². The van der Waals surface area contributed by atoms with Crippen LogP contribution in [0.2, 0.25) is 0 Å². The minimum Gasteiger partial charge on any atom is -0.446 e. The summed E-state index contributed by atoms with van der Waals surface area (Å²) in [7, 11) is 0. The lowest BCUT2D eigenvalue weighted by molar-refractivity contribution is -0.0308. The first-order valence-electron chi connectivity index (χ1n) is 11.2. The topological polar surface area (TPSA) is 122 Å². The third-order valence-corrected chi connectivity index (χ3v) is 7.05. The van der Waals surface area contributed by atoms with Crippen molar-refractivity contribution in [3.05, 3.63) is 41.6 Å². The highest BCUT2D eigenvalue weighted by molar-refractivity contribution is 5.99. The van der Waals surface area contributed by atoms with Gasteiger partial charge >= 0.3 is 6.09 Å². The lowest BCUT2D eigenvalue weighted by Gasteiger charge is -2.30. The van der Waals surface area contributed by atoms with Crippen LogP contribution in [-0.4, -0.2) is 39.9 Å². The molecule has 0 spiro atoms. The van der Waals surface area contributed by atoms with Crippen LogP contribution in [0.4, 0.5) is 26.4 Å². The fourth-order valence-electron chi connectivity index (χ4n) is 4.92. The van der Waals surface area contributed by atoms with Crippen LogP contribution in [0.25, 0.3) is 21.9 Å². The van der Waals surface area contributed by atoms with E-state index in [1.54, 1.807) is 18.3 Å². The molecule has 2 saturated carbocycles. The summed E-state index contributed by atoms with van der Waals surface area (Å²) in [6.07, 6.45) is 3.82. The van der Waals surface area contributed by atoms with Gasteiger partial charge in [-0.1, -0.05) is 0 Å². The van der Waals surface area contributed by atoms with Crippen molar-refractivity contribution in [2.24, 2.45) is 5.92 Å². The molecule has 1 amide bonds. The molecule has 3 heterocycles. The maximum Gasteiger partial charge on any atom is 0.413 e. The van der Waals surface area contributed by atoms with E-state index in [9.17, 15) is 9.90 Å². The van der Waals surface area contributed by atoms with Crippen LogP contribution in [0.5, 0.6) is 0 Å². The molecule has 2 aliphatic carbocycles. The molecule has 6 rings (SSSR count). The summed E-state index contributed by atoms with van der Waals surface area (Å²) in [6.45, 7) is 2.89. The van der Waals surface area contributed by atoms with Gasteiger partial charge in [0.2, 0.25) is 0 Å². The number of pyridine rings is 2. The Labute approximate surface area is 189 Å². The minimum atomic E-state index is -0.645. The van der Waals surface area contributed by atoms with Crippen LogP contribution < -0.4 is 16.4 Å². The number of carbonyl (C=O) groups excluding carboxylic acids is 1. The number of aliphatic hydroxyl groups excluding tert-OH is 1. The van der Waals surface area contributed by atoms with Crippen LogP contribution in [0.3, 0.4) is 0 Å². The maximum absolute atomic E-state index is 15.3. The summed E-state index contributed by atoms with van der Waals surface area (Å²) in [5.74, 6) is 0.912. The van der Waals surface area contributed by atoms with Gasteiger partial charge in [0.05, 0.1) is 23.2 Å². The Kier molecular flexibility index (Phi) is 4.45. The maximum atomic E-state index is 15.3. The molecule has 0 bridgehead atoms. The van der Waals surface area contributed by atoms with Gasteiger partial charge in [-0.3, -0.25) is 10.3 Å². The van der Waals surface area contributed by atoms with Gasteiger partial charge in [-0.25, -0.2) is 14.2 Å². The summed E-state index contributed by atoms with van der Waals surface area (Å²) in [5, 5.41) is 16.5. The van der Waals surface area contributed by atoms with E-state index in [0.717, 1.165) is 29.9 Å². The molecule has 3 aromatic rings. The van der Waals surface area contributed by atoms with Crippen LogP contribution >= 0.6 is 0 Å². The molecule has 170 valence electrons. The number of hydrogen-bond donors (Lipinski definition) is 4. The Morgan fingerprint density at radius 2 is 2.06 bits per heavy atom. The predicted molar refractivity (Wildman–Crippen MR) is 123 cm³/mol. The number of aliphatic hydroxyl groups is 1. The lowest BCUT2D eigenvalue weighted by atomic mass is 9.92. The second kappa shape index (κ2) is 7.28. The molecular weight excluding hydrogens is 425 g/mol. The number of ether oxygens (including phenoxy) is 1. The molecule has 9 heteroatoms. The van der Waals surface area contributed by atoms with E-state index in [1.165, 1.54) is 6.20 Å². The third-order valence-electron chi connectivity index (χ3n) is 7.05. The van der Waals surface area contributed by atoms with Crippen molar-refractivity contribution in [1.29, 1.82) is 0 Å². The molecule has 0 radical (unpaired) electrons. The number of rotatable bonds is 3. The molecule has 0 saturated heterocycles. The summed E-state index contributed by atoms with van der Waals surface area (Å²) >= 11 is 0. The number of fused-ring (bicyclic) bond motifs is 4. The average Bonchev–Trinajstić information content (AvgIpc) is 3.56. The predicted octanol–water partition coefficient (Wildman–Crippen LogP) is 3.93. The van der Waals surface area contributed by atoms with Gasteiger partial charge in [0.1, 0.15) is 11.9 Å². The largest absolute Gasteiger partial charge is 0.446 e. The summed E-state index contributed by atoms with van der Waals surface area (Å²) in [4.78, 5) is 21.0. The zero-order valence-corrected chi connectivity index (χ0v) is 18.1. The Balaban J connectivity index is 1.34. The second-order valence-electron chi connectivity index (χ2n) is 9.26. The molecule has 5 N–H and O–H groups in total. The number of nitrogens with zero attached hydrogens (tertiary/aromatic N) is 2. The van der Waals surface area contributed by atoms with Gasteiger partial charge in [-0.05, 0) is 42.3 Å². The number of nitrogens with one attached hydrogen (secondary N) is 2. The molecule has 33 heavy (non-hydrogen) atoms. The molecule has 0 unspecified atom stereocenters. The van der Waals surface area contributed by atoms with E-state index in [4.69, 9.17) is 10.5 Å². The number of carbonyl (C=O) groups is 1. The highest BCUT2D eigenvalue weighted by Crippen LogP contribution is 2.53. The summed E-state index contributed by atoms with van der Waals surface area (Å²) < 4.78 is 20.6. The second-order valence-corrected chi connectivity index (χ2v) is 9.26. The average molecular weight is 449 g/mol. The number of amides is 1. The Bertz CT molecular complexity index is 1310. The number of nitrogen functional groups attached to an aromatic ring is 1. The van der Waals surface area contributed by atoms with E-state index in [-0.39, 0.29) is 17.6 Å². The molecule has 2 atom stereocenters. The SMILES string of the molecule is Cc1c(-c2cc3cc(NC(=O)OC4CC(O)C4)ncc3c(N)c2F)cnc2c1NC[C@H]1C[C@@H]21. The molecule has 8 nitrogen and oxygen atoms in total. The highest BCUT2D eigenvalue weighted by Gasteiger charge is 2.44. The number of aromatic nitrogens is 2. The van der Waals surface area contributed by atoms with Crippen LogP contribution in [0.1, 0.15) is 36.4 Å². The number of benzene rings is 1. The first-order valence-corrected chi connectivity index (χ1v) is 11.2. The molecular formula is C24H24FN5O3. The quantitative estimate of drug-likeness (QED) is 0.447. The normalized spacial score (nSPS) is 24.8. The van der Waals surface area contributed by atoms with E-state index >= 15 is 4.39 Å². The third kappa shape index (κ3) is 3.34. The van der Waals surface area contributed by atoms with Crippen molar-refractivity contribution in [2.45, 2.75) is 44.3 Å². The number of halogens is 1. The van der Waals surface area contributed by atoms with Crippen molar-refractivity contribution in [3.63, 3.8) is 0 Å². The number of anilines is 3. The van der Waals surface area contributed by atoms with Crippen LogP contribution in [-0.2, 0) is 4.74 Å². The zero-order valence-electron chi connectivity index (χ0n) is 18.1. The van der Waals surface area contributed by atoms with Gasteiger partial charge in [0, 0.05) is 54.2 Å². The van der Waals surface area contributed by atoms with Gasteiger partial charge < -0.3 is 20.9 Å². The van der Waals surface area contributed by atoms with Gasteiger partial charge in [0.25, 0.3) is 0 Å². The summed E-state index contributed by atoms with van der Waals surface area (Å²) in [5.41, 5.74) is 10.2. The van der Waals surface area contributed by atoms with Crippen LogP contribution in [0.15, 0.2) is 24.5 Å². The van der Waals surface area contributed by atoms with Crippen LogP contribution in [0, 0.1) is 18.7 Å². The highest BCUT2D eigenvalue weighted by atomic mass is 19.1. The van der Waals surface area contributed by atoms with Gasteiger partial charge in [-0.2, -0.15) is 0 Å². The Morgan fingerprint density at radius 1 is 1.24 bits per heavy atom. The van der Waals surface area contributed by atoms with Crippen molar-refractivity contribution < 1.29 is 19.0 Å². The first kappa shape index (κ1) is 20.2.